The molecule has 0 aliphatic carbocycles. The van der Waals surface area contributed by atoms with Gasteiger partial charge in [-0.3, -0.25) is 9.78 Å². The van der Waals surface area contributed by atoms with Crippen molar-refractivity contribution in [1.82, 2.24) is 4.98 Å². The Kier molecular flexibility index (Phi) is 4.21. The van der Waals surface area contributed by atoms with Crippen LogP contribution < -0.4 is 5.73 Å². The van der Waals surface area contributed by atoms with E-state index >= 15 is 0 Å². The third-order valence-electron chi connectivity index (χ3n) is 5.03. The number of rotatable bonds is 3. The molecule has 4 rings (SSSR count). The van der Waals surface area contributed by atoms with E-state index in [1.165, 1.54) is 11.1 Å². The largest absolute Gasteiger partial charge is 0.366 e. The molecule has 0 radical (unpaired) electrons. The third-order valence-corrected chi connectivity index (χ3v) is 5.03. The molecule has 3 nitrogen and oxygen atoms in total. The summed E-state index contributed by atoms with van der Waals surface area (Å²) in [6.45, 7) is 4.15. The maximum atomic E-state index is 11.6. The van der Waals surface area contributed by atoms with Crippen LogP contribution in [0.2, 0.25) is 0 Å². The van der Waals surface area contributed by atoms with Crippen molar-refractivity contribution in [3.8, 4) is 22.3 Å². The summed E-state index contributed by atoms with van der Waals surface area (Å²) in [5.74, 6) is -0.416. The van der Waals surface area contributed by atoms with Gasteiger partial charge in [-0.2, -0.15) is 0 Å². The number of aryl methyl sites for hydroxylation is 2. The molecule has 0 spiro atoms. The van der Waals surface area contributed by atoms with Crippen molar-refractivity contribution < 1.29 is 4.79 Å². The molecule has 27 heavy (non-hydrogen) atoms. The summed E-state index contributed by atoms with van der Waals surface area (Å²) in [5, 5.41) is 2.23. The second kappa shape index (κ2) is 6.69. The number of nitrogens with zero attached hydrogens (tertiary/aromatic N) is 1. The Bertz CT molecular complexity index is 1180. The van der Waals surface area contributed by atoms with Gasteiger partial charge in [-0.25, -0.2) is 0 Å². The zero-order valence-corrected chi connectivity index (χ0v) is 15.4. The van der Waals surface area contributed by atoms with Crippen LogP contribution in [0.3, 0.4) is 0 Å². The van der Waals surface area contributed by atoms with E-state index in [0.717, 1.165) is 33.0 Å². The molecule has 2 N–H and O–H groups in total. The van der Waals surface area contributed by atoms with Gasteiger partial charge in [0.25, 0.3) is 0 Å². The van der Waals surface area contributed by atoms with Crippen LogP contribution in [0.4, 0.5) is 0 Å². The van der Waals surface area contributed by atoms with Crippen LogP contribution in [0.15, 0.2) is 73.1 Å². The van der Waals surface area contributed by atoms with Crippen LogP contribution in [0.5, 0.6) is 0 Å². The van der Waals surface area contributed by atoms with Crippen LogP contribution >= 0.6 is 0 Å². The lowest BCUT2D eigenvalue weighted by Gasteiger charge is -2.12. The number of fused-ring (bicyclic) bond motifs is 1. The molecule has 132 valence electrons. The van der Waals surface area contributed by atoms with E-state index in [2.05, 4.69) is 42.2 Å². The Labute approximate surface area is 158 Å². The van der Waals surface area contributed by atoms with Gasteiger partial charge in [0, 0.05) is 28.9 Å². The molecule has 0 saturated carbocycles. The van der Waals surface area contributed by atoms with E-state index in [1.54, 1.807) is 6.07 Å². The fourth-order valence-electron chi connectivity index (χ4n) is 3.52. The predicted molar refractivity (Wildman–Crippen MR) is 111 cm³/mol. The van der Waals surface area contributed by atoms with Crippen LogP contribution in [-0.4, -0.2) is 10.9 Å². The summed E-state index contributed by atoms with van der Waals surface area (Å²) in [7, 11) is 0. The number of primary amides is 1. The minimum atomic E-state index is -0.416. The molecule has 0 aliphatic heterocycles. The number of amides is 1. The van der Waals surface area contributed by atoms with Gasteiger partial charge in [0.15, 0.2) is 0 Å². The van der Waals surface area contributed by atoms with Gasteiger partial charge in [-0.05, 0) is 65.3 Å². The lowest BCUT2D eigenvalue weighted by Crippen LogP contribution is -2.10. The van der Waals surface area contributed by atoms with Crippen molar-refractivity contribution in [3.63, 3.8) is 0 Å². The quantitative estimate of drug-likeness (QED) is 0.545. The number of aromatic nitrogens is 1. The molecule has 3 aromatic carbocycles. The van der Waals surface area contributed by atoms with Gasteiger partial charge in [-0.15, -0.1) is 0 Å². The third kappa shape index (κ3) is 3.08. The van der Waals surface area contributed by atoms with E-state index < -0.39 is 5.91 Å². The minimum absolute atomic E-state index is 0.416. The Hall–Kier alpha value is -3.46. The molecule has 0 bridgehead atoms. The van der Waals surface area contributed by atoms with Crippen molar-refractivity contribution in [1.29, 1.82) is 0 Å². The van der Waals surface area contributed by atoms with E-state index in [-0.39, 0.29) is 0 Å². The average molecular weight is 352 g/mol. The number of hydrogen-bond acceptors (Lipinski definition) is 2. The van der Waals surface area contributed by atoms with E-state index in [1.807, 2.05) is 43.6 Å². The summed E-state index contributed by atoms with van der Waals surface area (Å²) in [5.41, 5.74) is 12.7. The zero-order valence-electron chi connectivity index (χ0n) is 15.4. The summed E-state index contributed by atoms with van der Waals surface area (Å²) in [4.78, 5) is 16.0. The molecule has 3 heteroatoms. The molecular formula is C24H20N2O. The fourth-order valence-corrected chi connectivity index (χ4v) is 3.52. The summed E-state index contributed by atoms with van der Waals surface area (Å²) < 4.78 is 0. The van der Waals surface area contributed by atoms with Crippen molar-refractivity contribution >= 4 is 16.7 Å². The highest BCUT2D eigenvalue weighted by Crippen LogP contribution is 2.33. The van der Waals surface area contributed by atoms with Gasteiger partial charge in [0.05, 0.1) is 0 Å². The highest BCUT2D eigenvalue weighted by Gasteiger charge is 2.10. The Morgan fingerprint density at radius 2 is 1.59 bits per heavy atom. The molecule has 0 aliphatic rings. The Morgan fingerprint density at radius 3 is 2.37 bits per heavy atom. The zero-order chi connectivity index (χ0) is 19.0. The van der Waals surface area contributed by atoms with Crippen molar-refractivity contribution in [2.45, 2.75) is 13.8 Å². The number of carbonyl (C=O) groups excluding carboxylic acids is 1. The highest BCUT2D eigenvalue weighted by molar-refractivity contribution is 5.99. The first-order valence-electron chi connectivity index (χ1n) is 8.89. The van der Waals surface area contributed by atoms with Gasteiger partial charge in [0.2, 0.25) is 5.91 Å². The second-order valence-electron chi connectivity index (χ2n) is 6.83. The van der Waals surface area contributed by atoms with E-state index in [4.69, 9.17) is 5.73 Å². The molecule has 0 atom stereocenters. The molecule has 0 fully saturated rings. The molecular weight excluding hydrogens is 332 g/mol. The number of pyridine rings is 1. The number of hydrogen-bond donors (Lipinski definition) is 1. The SMILES string of the molecule is Cc1ccc(C(N)=O)cc1-c1ccc2c(-c3ccccc3C)cncc2c1. The first kappa shape index (κ1) is 17.0. The van der Waals surface area contributed by atoms with Gasteiger partial charge >= 0.3 is 0 Å². The van der Waals surface area contributed by atoms with Gasteiger partial charge in [0.1, 0.15) is 0 Å². The predicted octanol–water partition coefficient (Wildman–Crippen LogP) is 5.28. The lowest BCUT2D eigenvalue weighted by molar-refractivity contribution is 0.100. The monoisotopic (exact) mass is 352 g/mol. The Morgan fingerprint density at radius 1 is 0.815 bits per heavy atom. The van der Waals surface area contributed by atoms with Crippen molar-refractivity contribution in [3.05, 3.63) is 89.7 Å². The summed E-state index contributed by atoms with van der Waals surface area (Å²) >= 11 is 0. The summed E-state index contributed by atoms with van der Waals surface area (Å²) in [6.07, 6.45) is 3.80. The maximum Gasteiger partial charge on any atom is 0.248 e. The Balaban J connectivity index is 1.89. The molecule has 4 aromatic rings. The molecule has 1 heterocycles. The second-order valence-corrected chi connectivity index (χ2v) is 6.83. The first-order valence-corrected chi connectivity index (χ1v) is 8.89. The minimum Gasteiger partial charge on any atom is -0.366 e. The van der Waals surface area contributed by atoms with Crippen molar-refractivity contribution in [2.24, 2.45) is 5.73 Å². The first-order chi connectivity index (χ1) is 13.0. The normalized spacial score (nSPS) is 10.9. The standard InChI is InChI=1S/C24H20N2O/c1-15-5-3-4-6-20(15)23-14-26-13-19-11-17(9-10-21(19)23)22-12-18(24(25)27)8-7-16(22)2/h3-14H,1-2H3,(H2,25,27). The van der Waals surface area contributed by atoms with E-state index in [0.29, 0.717) is 5.56 Å². The number of benzene rings is 3. The van der Waals surface area contributed by atoms with Gasteiger partial charge in [-0.1, -0.05) is 42.5 Å². The van der Waals surface area contributed by atoms with Crippen LogP contribution in [0.25, 0.3) is 33.0 Å². The maximum absolute atomic E-state index is 11.6. The lowest BCUT2D eigenvalue weighted by atomic mass is 9.93. The molecule has 1 aromatic heterocycles. The highest BCUT2D eigenvalue weighted by atomic mass is 16.1. The van der Waals surface area contributed by atoms with Crippen LogP contribution in [0.1, 0.15) is 21.5 Å². The van der Waals surface area contributed by atoms with Crippen LogP contribution in [0, 0.1) is 13.8 Å². The average Bonchev–Trinajstić information content (AvgIpc) is 2.68. The molecule has 0 saturated heterocycles. The number of nitrogens with two attached hydrogens (primary N) is 1. The van der Waals surface area contributed by atoms with Crippen molar-refractivity contribution in [2.75, 3.05) is 0 Å². The smallest absolute Gasteiger partial charge is 0.248 e. The van der Waals surface area contributed by atoms with Gasteiger partial charge < -0.3 is 5.73 Å². The van der Waals surface area contributed by atoms with E-state index in [9.17, 15) is 4.79 Å². The van der Waals surface area contributed by atoms with Crippen LogP contribution in [-0.2, 0) is 0 Å². The molecule has 1 amide bonds. The summed E-state index contributed by atoms with van der Waals surface area (Å²) in [6, 6.07) is 20.2. The number of carbonyl (C=O) groups is 1. The molecule has 0 unspecified atom stereocenters. The fraction of sp³-hybridized carbons (Fsp3) is 0.0833. The topological polar surface area (TPSA) is 56.0 Å².